The van der Waals surface area contributed by atoms with Gasteiger partial charge in [-0.05, 0) is 44.0 Å². The molecule has 2 fully saturated rings. The smallest absolute Gasteiger partial charge is 0.337 e. The highest BCUT2D eigenvalue weighted by molar-refractivity contribution is 5.89. The topological polar surface area (TPSA) is 75.9 Å². The summed E-state index contributed by atoms with van der Waals surface area (Å²) >= 11 is 0. The van der Waals surface area contributed by atoms with Crippen molar-refractivity contribution >= 4 is 11.9 Å². The molecule has 154 valence electrons. The molecule has 1 aliphatic heterocycles. The highest BCUT2D eigenvalue weighted by Crippen LogP contribution is 2.26. The predicted molar refractivity (Wildman–Crippen MR) is 107 cm³/mol. The van der Waals surface area contributed by atoms with Crippen LogP contribution in [0.3, 0.4) is 0 Å². The van der Waals surface area contributed by atoms with E-state index in [2.05, 4.69) is 14.8 Å². The van der Waals surface area contributed by atoms with E-state index < -0.39 is 0 Å². The van der Waals surface area contributed by atoms with Crippen molar-refractivity contribution < 1.29 is 18.7 Å². The van der Waals surface area contributed by atoms with Gasteiger partial charge in [-0.1, -0.05) is 12.8 Å². The van der Waals surface area contributed by atoms with Gasteiger partial charge in [0, 0.05) is 31.2 Å². The Morgan fingerprint density at radius 1 is 1.21 bits per heavy atom. The maximum absolute atomic E-state index is 12.6. The van der Waals surface area contributed by atoms with Gasteiger partial charge in [0.25, 0.3) is 0 Å². The highest BCUT2D eigenvalue weighted by atomic mass is 16.5. The zero-order valence-corrected chi connectivity index (χ0v) is 17.0. The van der Waals surface area contributed by atoms with Crippen molar-refractivity contribution in [3.8, 4) is 11.5 Å². The van der Waals surface area contributed by atoms with E-state index >= 15 is 0 Å². The molecule has 0 bridgehead atoms. The molecule has 1 aromatic heterocycles. The second-order valence-corrected chi connectivity index (χ2v) is 7.83. The number of ether oxygens (including phenoxy) is 1. The molecule has 7 heteroatoms. The van der Waals surface area contributed by atoms with E-state index in [0.717, 1.165) is 42.9 Å². The number of carbonyl (C=O) groups is 2. The van der Waals surface area contributed by atoms with Crippen LogP contribution in [0.1, 0.15) is 47.5 Å². The fourth-order valence-corrected chi connectivity index (χ4v) is 4.25. The van der Waals surface area contributed by atoms with Gasteiger partial charge < -0.3 is 14.1 Å². The number of hydrogen-bond acceptors (Lipinski definition) is 6. The number of hydrogen-bond donors (Lipinski definition) is 0. The minimum atomic E-state index is -0.373. The number of piperazine rings is 1. The number of methoxy groups -OCH3 is 1. The van der Waals surface area contributed by atoms with Crippen LogP contribution in [-0.4, -0.2) is 59.4 Å². The lowest BCUT2D eigenvalue weighted by Crippen LogP contribution is -2.53. The molecule has 0 N–H and O–H groups in total. The molecule has 0 radical (unpaired) electrons. The molecule has 7 nitrogen and oxygen atoms in total. The summed E-state index contributed by atoms with van der Waals surface area (Å²) in [4.78, 5) is 33.0. The summed E-state index contributed by atoms with van der Waals surface area (Å²) < 4.78 is 10.6. The Hall–Kier alpha value is -2.67. The lowest BCUT2D eigenvalue weighted by atomic mass is 10.1. The zero-order valence-electron chi connectivity index (χ0n) is 17.0. The van der Waals surface area contributed by atoms with Gasteiger partial charge in [-0.25, -0.2) is 9.78 Å². The number of carbonyl (C=O) groups excluding carboxylic acids is 2. The Kier molecular flexibility index (Phi) is 5.67. The zero-order chi connectivity index (χ0) is 20.4. The lowest BCUT2D eigenvalue weighted by Gasteiger charge is -2.37. The van der Waals surface area contributed by atoms with Crippen LogP contribution in [0.15, 0.2) is 28.7 Å². The molecule has 0 spiro atoms. The van der Waals surface area contributed by atoms with E-state index in [-0.39, 0.29) is 11.9 Å². The number of oxazole rings is 1. The molecule has 4 rings (SSSR count). The summed E-state index contributed by atoms with van der Waals surface area (Å²) in [6.07, 6.45) is 4.76. The van der Waals surface area contributed by atoms with Crippen LogP contribution in [0.5, 0.6) is 0 Å². The minimum absolute atomic E-state index is 0.225. The third-order valence-corrected chi connectivity index (χ3v) is 5.92. The monoisotopic (exact) mass is 397 g/mol. The number of aromatic nitrogens is 1. The molecule has 29 heavy (non-hydrogen) atoms. The second-order valence-electron chi connectivity index (χ2n) is 7.83. The minimum Gasteiger partial charge on any atom is -0.465 e. The summed E-state index contributed by atoms with van der Waals surface area (Å²) in [5, 5.41) is 0. The van der Waals surface area contributed by atoms with E-state index in [1.807, 2.05) is 6.92 Å². The fraction of sp³-hybridized carbons (Fsp3) is 0.500. The van der Waals surface area contributed by atoms with Crippen LogP contribution in [-0.2, 0) is 16.1 Å². The Bertz CT molecular complexity index is 884. The van der Waals surface area contributed by atoms with E-state index in [4.69, 9.17) is 9.15 Å². The lowest BCUT2D eigenvalue weighted by molar-refractivity contribution is -0.138. The van der Waals surface area contributed by atoms with Gasteiger partial charge in [0.05, 0.1) is 24.9 Å². The summed E-state index contributed by atoms with van der Waals surface area (Å²) in [5.41, 5.74) is 2.13. The normalized spacial score (nSPS) is 18.4. The molecule has 0 unspecified atom stereocenters. The van der Waals surface area contributed by atoms with Crippen LogP contribution in [0.4, 0.5) is 0 Å². The number of rotatable bonds is 5. The molecule has 2 heterocycles. The van der Waals surface area contributed by atoms with E-state index in [9.17, 15) is 9.59 Å². The maximum Gasteiger partial charge on any atom is 0.337 e. The number of aryl methyl sites for hydroxylation is 1. The number of benzene rings is 1. The van der Waals surface area contributed by atoms with Crippen LogP contribution < -0.4 is 0 Å². The Labute approximate surface area is 170 Å². The molecule has 1 aromatic carbocycles. The molecule has 1 saturated heterocycles. The Balaban J connectivity index is 1.41. The van der Waals surface area contributed by atoms with Crippen LogP contribution in [0.25, 0.3) is 11.5 Å². The highest BCUT2D eigenvalue weighted by Gasteiger charge is 2.31. The van der Waals surface area contributed by atoms with Gasteiger partial charge in [-0.2, -0.15) is 0 Å². The van der Waals surface area contributed by atoms with Crippen molar-refractivity contribution in [2.24, 2.45) is 0 Å². The van der Waals surface area contributed by atoms with Gasteiger partial charge in [0.15, 0.2) is 0 Å². The van der Waals surface area contributed by atoms with Gasteiger partial charge in [-0.15, -0.1) is 0 Å². The summed E-state index contributed by atoms with van der Waals surface area (Å²) in [6.45, 7) is 4.58. The first-order chi connectivity index (χ1) is 14.0. The first-order valence-corrected chi connectivity index (χ1v) is 10.2. The quantitative estimate of drug-likeness (QED) is 0.722. The molecule has 1 saturated carbocycles. The summed E-state index contributed by atoms with van der Waals surface area (Å²) in [6, 6.07) is 7.43. The summed E-state index contributed by atoms with van der Waals surface area (Å²) in [5.74, 6) is 1.12. The first-order valence-electron chi connectivity index (χ1n) is 10.2. The molecule has 1 aliphatic carbocycles. The molecule has 2 aromatic rings. The van der Waals surface area contributed by atoms with Gasteiger partial charge in [-0.3, -0.25) is 9.69 Å². The number of amides is 1. The number of nitrogens with zero attached hydrogens (tertiary/aromatic N) is 3. The van der Waals surface area contributed by atoms with Crippen LogP contribution in [0.2, 0.25) is 0 Å². The van der Waals surface area contributed by atoms with E-state index in [1.54, 1.807) is 24.3 Å². The summed E-state index contributed by atoms with van der Waals surface area (Å²) in [7, 11) is 1.36. The predicted octanol–water partition coefficient (Wildman–Crippen LogP) is 3.02. The fourth-order valence-electron chi connectivity index (χ4n) is 4.25. The average molecular weight is 397 g/mol. The molecular formula is C22H27N3O4. The van der Waals surface area contributed by atoms with E-state index in [1.165, 1.54) is 20.0 Å². The van der Waals surface area contributed by atoms with E-state index in [0.29, 0.717) is 30.6 Å². The molecular weight excluding hydrogens is 370 g/mol. The maximum atomic E-state index is 12.6. The van der Waals surface area contributed by atoms with Crippen molar-refractivity contribution in [3.05, 3.63) is 41.3 Å². The molecule has 0 atom stereocenters. The largest absolute Gasteiger partial charge is 0.465 e. The van der Waals surface area contributed by atoms with Crippen molar-refractivity contribution in [2.45, 2.75) is 45.2 Å². The number of esters is 1. The average Bonchev–Trinajstić information content (AvgIpc) is 3.38. The van der Waals surface area contributed by atoms with Gasteiger partial charge >= 0.3 is 5.97 Å². The van der Waals surface area contributed by atoms with Crippen molar-refractivity contribution in [1.82, 2.24) is 14.8 Å². The van der Waals surface area contributed by atoms with Crippen molar-refractivity contribution in [1.29, 1.82) is 0 Å². The van der Waals surface area contributed by atoms with Gasteiger partial charge in [0.2, 0.25) is 11.8 Å². The molecule has 2 aliphatic rings. The first kappa shape index (κ1) is 19.6. The van der Waals surface area contributed by atoms with Gasteiger partial charge in [0.1, 0.15) is 5.76 Å². The molecule has 1 amide bonds. The third-order valence-electron chi connectivity index (χ3n) is 5.92. The SMILES string of the molecule is COC(=O)c1ccc(-c2nc(CN3CCN(C4CCCC4)C(=O)C3)c(C)o2)cc1. The third kappa shape index (κ3) is 4.19. The van der Waals surface area contributed by atoms with Crippen molar-refractivity contribution in [2.75, 3.05) is 26.7 Å². The van der Waals surface area contributed by atoms with Crippen LogP contribution >= 0.6 is 0 Å². The standard InChI is InChI=1S/C22H27N3O4/c1-15-19(13-24-11-12-25(20(26)14-24)18-5-3-4-6-18)23-21(29-15)16-7-9-17(10-8-16)22(27)28-2/h7-10,18H,3-6,11-14H2,1-2H3. The second kappa shape index (κ2) is 8.37. The van der Waals surface area contributed by atoms with Crippen molar-refractivity contribution in [3.63, 3.8) is 0 Å². The van der Waals surface area contributed by atoms with Crippen LogP contribution in [0, 0.1) is 6.92 Å². The Morgan fingerprint density at radius 3 is 2.59 bits per heavy atom. The Morgan fingerprint density at radius 2 is 1.93 bits per heavy atom.